The van der Waals surface area contributed by atoms with Gasteiger partial charge in [0, 0.05) is 22.9 Å². The molecule has 6 heteroatoms. The molecule has 26 heavy (non-hydrogen) atoms. The van der Waals surface area contributed by atoms with E-state index in [-0.39, 0.29) is 11.6 Å². The molecule has 0 spiro atoms. The number of nitro benzene ring substituents is 1. The van der Waals surface area contributed by atoms with E-state index < -0.39 is 4.92 Å². The number of hydrogen-bond acceptors (Lipinski definition) is 4. The molecular weight excluding hydrogens is 330 g/mol. The van der Waals surface area contributed by atoms with Crippen molar-refractivity contribution in [2.45, 2.75) is 13.8 Å². The largest absolute Gasteiger partial charge is 0.322 e. The summed E-state index contributed by atoms with van der Waals surface area (Å²) >= 11 is 0. The number of aromatic nitrogens is 1. The van der Waals surface area contributed by atoms with Gasteiger partial charge in [0.05, 0.1) is 21.9 Å². The summed E-state index contributed by atoms with van der Waals surface area (Å²) in [5.41, 5.74) is 3.65. The molecule has 0 saturated carbocycles. The molecule has 130 valence electrons. The topological polar surface area (TPSA) is 85.1 Å². The molecular formula is C20H17N3O3. The number of rotatable bonds is 4. The van der Waals surface area contributed by atoms with Gasteiger partial charge in [0.15, 0.2) is 0 Å². The Kier molecular flexibility index (Phi) is 4.75. The third-order valence-electron chi connectivity index (χ3n) is 4.06. The quantitative estimate of drug-likeness (QED) is 0.555. The Bertz CT molecular complexity index is 985. The fourth-order valence-electron chi connectivity index (χ4n) is 2.65. The minimum atomic E-state index is -0.466. The first-order valence-corrected chi connectivity index (χ1v) is 8.05. The number of carbonyl (C=O) groups excluding carboxylic acids is 1. The Labute approximate surface area is 150 Å². The molecule has 1 amide bonds. The molecule has 0 bridgehead atoms. The van der Waals surface area contributed by atoms with Crippen molar-refractivity contribution in [2.75, 3.05) is 5.32 Å². The van der Waals surface area contributed by atoms with Crippen LogP contribution in [-0.4, -0.2) is 15.8 Å². The average Bonchev–Trinajstić information content (AvgIpc) is 2.63. The lowest BCUT2D eigenvalue weighted by Crippen LogP contribution is -2.14. The SMILES string of the molecule is Cc1ccc(NC(=O)c2ccc(-c3ccccc3)nc2C)cc1[N+](=O)[O-]. The number of anilines is 1. The number of benzene rings is 2. The average molecular weight is 347 g/mol. The molecule has 1 N–H and O–H groups in total. The van der Waals surface area contributed by atoms with Gasteiger partial charge in [-0.3, -0.25) is 19.9 Å². The van der Waals surface area contributed by atoms with Crippen molar-refractivity contribution in [3.8, 4) is 11.3 Å². The Morgan fingerprint density at radius 3 is 2.42 bits per heavy atom. The van der Waals surface area contributed by atoms with Crippen molar-refractivity contribution in [2.24, 2.45) is 0 Å². The van der Waals surface area contributed by atoms with Gasteiger partial charge < -0.3 is 5.32 Å². The van der Waals surface area contributed by atoms with Crippen LogP contribution in [0.5, 0.6) is 0 Å². The van der Waals surface area contributed by atoms with E-state index in [2.05, 4.69) is 10.3 Å². The van der Waals surface area contributed by atoms with Crippen LogP contribution >= 0.6 is 0 Å². The monoisotopic (exact) mass is 347 g/mol. The van der Waals surface area contributed by atoms with E-state index in [4.69, 9.17) is 0 Å². The number of nitrogens with one attached hydrogen (secondary N) is 1. The third-order valence-corrected chi connectivity index (χ3v) is 4.06. The number of amides is 1. The van der Waals surface area contributed by atoms with E-state index in [1.54, 1.807) is 38.1 Å². The maximum absolute atomic E-state index is 12.5. The molecule has 0 saturated heterocycles. The smallest absolute Gasteiger partial charge is 0.274 e. The Morgan fingerprint density at radius 2 is 1.77 bits per heavy atom. The highest BCUT2D eigenvalue weighted by Gasteiger charge is 2.15. The van der Waals surface area contributed by atoms with Gasteiger partial charge in [-0.15, -0.1) is 0 Å². The van der Waals surface area contributed by atoms with Gasteiger partial charge in [0.2, 0.25) is 0 Å². The minimum absolute atomic E-state index is 0.0305. The van der Waals surface area contributed by atoms with Crippen LogP contribution < -0.4 is 5.32 Å². The summed E-state index contributed by atoms with van der Waals surface area (Å²) in [6.45, 7) is 3.42. The number of aryl methyl sites for hydroxylation is 2. The van der Waals surface area contributed by atoms with Crippen LogP contribution in [0.2, 0.25) is 0 Å². The standard InChI is InChI=1S/C20H17N3O3/c1-13-8-9-16(12-19(13)23(25)26)22-20(24)17-10-11-18(21-14(17)2)15-6-4-3-5-7-15/h3-12H,1-2H3,(H,22,24). The lowest BCUT2D eigenvalue weighted by atomic mass is 10.1. The Morgan fingerprint density at radius 1 is 1.04 bits per heavy atom. The van der Waals surface area contributed by atoms with Crippen molar-refractivity contribution in [1.29, 1.82) is 0 Å². The summed E-state index contributed by atoms with van der Waals surface area (Å²) in [6.07, 6.45) is 0. The van der Waals surface area contributed by atoms with Crippen LogP contribution in [0.1, 0.15) is 21.6 Å². The van der Waals surface area contributed by atoms with Crippen LogP contribution in [0.3, 0.4) is 0 Å². The minimum Gasteiger partial charge on any atom is -0.322 e. The van der Waals surface area contributed by atoms with Gasteiger partial charge in [-0.05, 0) is 32.0 Å². The summed E-state index contributed by atoms with van der Waals surface area (Å²) < 4.78 is 0. The second kappa shape index (κ2) is 7.14. The highest BCUT2D eigenvalue weighted by molar-refractivity contribution is 6.05. The maximum atomic E-state index is 12.5. The fourth-order valence-corrected chi connectivity index (χ4v) is 2.65. The van der Waals surface area contributed by atoms with E-state index in [9.17, 15) is 14.9 Å². The van der Waals surface area contributed by atoms with Crippen LogP contribution in [-0.2, 0) is 0 Å². The molecule has 1 heterocycles. The zero-order chi connectivity index (χ0) is 18.7. The van der Waals surface area contributed by atoms with E-state index in [1.165, 1.54) is 6.07 Å². The first-order chi connectivity index (χ1) is 12.5. The summed E-state index contributed by atoms with van der Waals surface area (Å²) in [6, 6.07) is 17.8. The fraction of sp³-hybridized carbons (Fsp3) is 0.100. The van der Waals surface area contributed by atoms with Crippen LogP contribution in [0.4, 0.5) is 11.4 Å². The molecule has 0 unspecified atom stereocenters. The molecule has 3 rings (SSSR count). The summed E-state index contributed by atoms with van der Waals surface area (Å²) in [4.78, 5) is 27.6. The molecule has 0 aliphatic rings. The maximum Gasteiger partial charge on any atom is 0.274 e. The van der Waals surface area contributed by atoms with E-state index in [0.717, 1.165) is 11.3 Å². The van der Waals surface area contributed by atoms with Crippen molar-refractivity contribution in [3.63, 3.8) is 0 Å². The number of nitro groups is 1. The van der Waals surface area contributed by atoms with E-state index >= 15 is 0 Å². The number of carbonyl (C=O) groups is 1. The molecule has 6 nitrogen and oxygen atoms in total. The highest BCUT2D eigenvalue weighted by atomic mass is 16.6. The number of nitrogens with zero attached hydrogens (tertiary/aromatic N) is 2. The molecule has 0 fully saturated rings. The number of hydrogen-bond donors (Lipinski definition) is 1. The predicted molar refractivity (Wildman–Crippen MR) is 100 cm³/mol. The highest BCUT2D eigenvalue weighted by Crippen LogP contribution is 2.23. The zero-order valence-corrected chi connectivity index (χ0v) is 14.4. The molecule has 0 atom stereocenters. The second-order valence-electron chi connectivity index (χ2n) is 5.91. The Balaban J connectivity index is 1.85. The van der Waals surface area contributed by atoms with Gasteiger partial charge in [0.25, 0.3) is 11.6 Å². The van der Waals surface area contributed by atoms with Crippen molar-refractivity contribution >= 4 is 17.3 Å². The van der Waals surface area contributed by atoms with Crippen LogP contribution in [0, 0.1) is 24.0 Å². The van der Waals surface area contributed by atoms with Crippen LogP contribution in [0.25, 0.3) is 11.3 Å². The summed E-state index contributed by atoms with van der Waals surface area (Å²) in [5.74, 6) is -0.354. The second-order valence-corrected chi connectivity index (χ2v) is 5.91. The predicted octanol–water partition coefficient (Wildman–Crippen LogP) is 4.53. The third kappa shape index (κ3) is 3.59. The molecule has 0 radical (unpaired) electrons. The van der Waals surface area contributed by atoms with Crippen molar-refractivity contribution < 1.29 is 9.72 Å². The number of pyridine rings is 1. The van der Waals surface area contributed by atoms with Gasteiger partial charge in [-0.1, -0.05) is 36.4 Å². The normalized spacial score (nSPS) is 10.4. The molecule has 1 aromatic heterocycles. The van der Waals surface area contributed by atoms with Crippen molar-refractivity contribution in [3.05, 3.63) is 87.6 Å². The lowest BCUT2D eigenvalue weighted by molar-refractivity contribution is -0.385. The lowest BCUT2D eigenvalue weighted by Gasteiger charge is -2.09. The van der Waals surface area contributed by atoms with E-state index in [1.807, 2.05) is 30.3 Å². The summed E-state index contributed by atoms with van der Waals surface area (Å²) in [5, 5.41) is 13.7. The first-order valence-electron chi connectivity index (χ1n) is 8.05. The van der Waals surface area contributed by atoms with Gasteiger partial charge >= 0.3 is 0 Å². The Hall–Kier alpha value is -3.54. The van der Waals surface area contributed by atoms with Crippen molar-refractivity contribution in [1.82, 2.24) is 4.98 Å². The van der Waals surface area contributed by atoms with Gasteiger partial charge in [-0.25, -0.2) is 0 Å². The van der Waals surface area contributed by atoms with Gasteiger partial charge in [-0.2, -0.15) is 0 Å². The van der Waals surface area contributed by atoms with E-state index in [0.29, 0.717) is 22.5 Å². The first kappa shape index (κ1) is 17.3. The zero-order valence-electron chi connectivity index (χ0n) is 14.4. The molecule has 2 aromatic carbocycles. The molecule has 3 aromatic rings. The van der Waals surface area contributed by atoms with Gasteiger partial charge in [0.1, 0.15) is 0 Å². The summed E-state index contributed by atoms with van der Waals surface area (Å²) in [7, 11) is 0. The molecule has 0 aliphatic carbocycles. The molecule has 0 aliphatic heterocycles. The van der Waals surface area contributed by atoms with Crippen LogP contribution in [0.15, 0.2) is 60.7 Å².